The smallest absolute Gasteiger partial charge is 0.113 e. The Labute approximate surface area is 99.2 Å². The van der Waals surface area contributed by atoms with Crippen LogP contribution >= 0.6 is 0 Å². The average molecular weight is 220 g/mol. The van der Waals surface area contributed by atoms with E-state index < -0.39 is 0 Å². The van der Waals surface area contributed by atoms with Crippen molar-refractivity contribution in [1.82, 2.24) is 15.2 Å². The van der Waals surface area contributed by atoms with Gasteiger partial charge in [-0.2, -0.15) is 5.10 Å². The third kappa shape index (κ3) is 1.95. The molecule has 0 saturated carbocycles. The predicted molar refractivity (Wildman–Crippen MR) is 66.1 cm³/mol. The lowest BCUT2D eigenvalue weighted by Crippen LogP contribution is -1.87. The molecule has 0 fully saturated rings. The van der Waals surface area contributed by atoms with E-state index in [0.717, 1.165) is 22.6 Å². The average Bonchev–Trinajstić information content (AvgIpc) is 2.94. The number of H-pyrrole nitrogens is 1. The maximum Gasteiger partial charge on any atom is 0.113 e. The van der Waals surface area contributed by atoms with E-state index in [-0.39, 0.29) is 0 Å². The van der Waals surface area contributed by atoms with E-state index >= 15 is 0 Å². The summed E-state index contributed by atoms with van der Waals surface area (Å²) in [6.07, 6.45) is 2.74. The SMILES string of the molecule is [c]1cc(-c2cccc(-c3ccccc3)n2)[nH]n1. The standard InChI is InChI=1S/C14H10N3/c1-2-5-11(6-3-1)12-7-4-8-13(16-12)14-9-10-15-17-14/h1-9H,(H,15,17). The molecule has 0 aliphatic carbocycles. The van der Waals surface area contributed by atoms with Crippen molar-refractivity contribution in [2.24, 2.45) is 0 Å². The topological polar surface area (TPSA) is 41.6 Å². The van der Waals surface area contributed by atoms with Crippen LogP contribution in [-0.4, -0.2) is 15.2 Å². The zero-order valence-electron chi connectivity index (χ0n) is 9.09. The van der Waals surface area contributed by atoms with Crippen molar-refractivity contribution >= 4 is 0 Å². The molecule has 3 rings (SSSR count). The number of aromatic nitrogens is 3. The molecular weight excluding hydrogens is 210 g/mol. The highest BCUT2D eigenvalue weighted by molar-refractivity contribution is 5.63. The highest BCUT2D eigenvalue weighted by Crippen LogP contribution is 2.20. The summed E-state index contributed by atoms with van der Waals surface area (Å²) in [7, 11) is 0. The molecule has 0 saturated heterocycles. The van der Waals surface area contributed by atoms with Crippen LogP contribution in [-0.2, 0) is 0 Å². The Morgan fingerprint density at radius 1 is 0.882 bits per heavy atom. The molecule has 2 heterocycles. The number of rotatable bonds is 2. The largest absolute Gasteiger partial charge is 0.276 e. The number of nitrogens with one attached hydrogen (secondary N) is 1. The molecular formula is C14H10N3. The molecule has 1 aromatic carbocycles. The number of nitrogens with zero attached hydrogens (tertiary/aromatic N) is 2. The molecule has 0 atom stereocenters. The second kappa shape index (κ2) is 4.22. The molecule has 1 N–H and O–H groups in total. The lowest BCUT2D eigenvalue weighted by atomic mass is 10.1. The van der Waals surface area contributed by atoms with E-state index in [0.29, 0.717) is 0 Å². The van der Waals surface area contributed by atoms with Gasteiger partial charge in [-0.05, 0) is 18.2 Å². The summed E-state index contributed by atoms with van der Waals surface area (Å²) < 4.78 is 0. The summed E-state index contributed by atoms with van der Waals surface area (Å²) in [5.41, 5.74) is 3.82. The van der Waals surface area contributed by atoms with Gasteiger partial charge >= 0.3 is 0 Å². The minimum absolute atomic E-state index is 0.875. The van der Waals surface area contributed by atoms with E-state index in [1.165, 1.54) is 0 Å². The summed E-state index contributed by atoms with van der Waals surface area (Å²) >= 11 is 0. The molecule has 0 unspecified atom stereocenters. The number of benzene rings is 1. The molecule has 3 aromatic rings. The third-order valence-electron chi connectivity index (χ3n) is 2.54. The Morgan fingerprint density at radius 3 is 2.47 bits per heavy atom. The molecule has 0 spiro atoms. The van der Waals surface area contributed by atoms with Gasteiger partial charge in [0.15, 0.2) is 0 Å². The van der Waals surface area contributed by atoms with E-state index in [4.69, 9.17) is 0 Å². The van der Waals surface area contributed by atoms with Crippen LogP contribution in [0.5, 0.6) is 0 Å². The zero-order chi connectivity index (χ0) is 11.5. The van der Waals surface area contributed by atoms with Crippen molar-refractivity contribution in [1.29, 1.82) is 0 Å². The maximum atomic E-state index is 4.59. The fraction of sp³-hybridized carbons (Fsp3) is 0. The van der Waals surface area contributed by atoms with Crippen molar-refractivity contribution in [3.63, 3.8) is 0 Å². The molecule has 81 valence electrons. The molecule has 0 bridgehead atoms. The minimum atomic E-state index is 0.875. The Hall–Kier alpha value is -2.42. The highest BCUT2D eigenvalue weighted by Gasteiger charge is 2.03. The van der Waals surface area contributed by atoms with Crippen LogP contribution in [0.25, 0.3) is 22.6 Å². The fourth-order valence-electron chi connectivity index (χ4n) is 1.71. The van der Waals surface area contributed by atoms with Crippen molar-refractivity contribution in [2.45, 2.75) is 0 Å². The first-order chi connectivity index (χ1) is 8.43. The van der Waals surface area contributed by atoms with Crippen LogP contribution in [0.2, 0.25) is 0 Å². The Morgan fingerprint density at radius 2 is 1.71 bits per heavy atom. The normalized spacial score (nSPS) is 10.4. The van der Waals surface area contributed by atoms with Crippen LogP contribution in [0.4, 0.5) is 0 Å². The van der Waals surface area contributed by atoms with E-state index in [2.05, 4.69) is 21.4 Å². The van der Waals surface area contributed by atoms with Gasteiger partial charge in [0.05, 0.1) is 17.1 Å². The Kier molecular flexibility index (Phi) is 2.43. The number of aromatic amines is 1. The van der Waals surface area contributed by atoms with Gasteiger partial charge in [-0.25, -0.2) is 4.98 Å². The maximum absolute atomic E-state index is 4.59. The molecule has 2 aromatic heterocycles. The second-order valence-electron chi connectivity index (χ2n) is 3.68. The highest BCUT2D eigenvalue weighted by atomic mass is 15.1. The molecule has 17 heavy (non-hydrogen) atoms. The van der Waals surface area contributed by atoms with E-state index in [1.54, 1.807) is 6.07 Å². The van der Waals surface area contributed by atoms with Crippen molar-refractivity contribution in [3.05, 3.63) is 60.8 Å². The summed E-state index contributed by atoms with van der Waals surface area (Å²) in [6.45, 7) is 0. The monoisotopic (exact) mass is 220 g/mol. The van der Waals surface area contributed by atoms with Crippen molar-refractivity contribution in [3.8, 4) is 22.6 Å². The third-order valence-corrected chi connectivity index (χ3v) is 2.54. The first-order valence-corrected chi connectivity index (χ1v) is 5.38. The van der Waals surface area contributed by atoms with Gasteiger partial charge in [0.25, 0.3) is 0 Å². The van der Waals surface area contributed by atoms with Crippen molar-refractivity contribution < 1.29 is 0 Å². The van der Waals surface area contributed by atoms with Crippen LogP contribution < -0.4 is 0 Å². The second-order valence-corrected chi connectivity index (χ2v) is 3.68. The lowest BCUT2D eigenvalue weighted by Gasteiger charge is -2.02. The van der Waals surface area contributed by atoms with Crippen LogP contribution in [0.1, 0.15) is 0 Å². The predicted octanol–water partition coefficient (Wildman–Crippen LogP) is 2.94. The number of pyridine rings is 1. The quantitative estimate of drug-likeness (QED) is 0.721. The van der Waals surface area contributed by atoms with E-state index in [1.807, 2.05) is 48.5 Å². The van der Waals surface area contributed by atoms with Crippen LogP contribution in [0.3, 0.4) is 0 Å². The van der Waals surface area contributed by atoms with Gasteiger partial charge in [-0.1, -0.05) is 36.4 Å². The molecule has 3 heteroatoms. The first kappa shape index (κ1) is 9.78. The van der Waals surface area contributed by atoms with E-state index in [9.17, 15) is 0 Å². The molecule has 3 nitrogen and oxygen atoms in total. The van der Waals surface area contributed by atoms with Crippen LogP contribution in [0.15, 0.2) is 54.6 Å². The molecule has 1 radical (unpaired) electrons. The Bertz CT molecular complexity index is 600. The van der Waals surface area contributed by atoms with Gasteiger partial charge in [-0.3, -0.25) is 5.10 Å². The Balaban J connectivity index is 2.06. The molecule has 0 aliphatic rings. The summed E-state index contributed by atoms with van der Waals surface area (Å²) in [5, 5.41) is 6.68. The number of hydrogen-bond acceptors (Lipinski definition) is 2. The van der Waals surface area contributed by atoms with Crippen molar-refractivity contribution in [2.75, 3.05) is 0 Å². The molecule has 0 aliphatic heterocycles. The fourth-order valence-corrected chi connectivity index (χ4v) is 1.71. The van der Waals surface area contributed by atoms with Gasteiger partial charge in [-0.15, -0.1) is 0 Å². The first-order valence-electron chi connectivity index (χ1n) is 5.38. The minimum Gasteiger partial charge on any atom is -0.276 e. The summed E-state index contributed by atoms with van der Waals surface area (Å²) in [5.74, 6) is 0. The summed E-state index contributed by atoms with van der Waals surface area (Å²) in [6, 6.07) is 17.8. The van der Waals surface area contributed by atoms with Gasteiger partial charge < -0.3 is 0 Å². The van der Waals surface area contributed by atoms with Crippen LogP contribution in [0, 0.1) is 6.20 Å². The van der Waals surface area contributed by atoms with Gasteiger partial charge in [0.2, 0.25) is 0 Å². The summed E-state index contributed by atoms with van der Waals surface area (Å²) in [4.78, 5) is 4.59. The molecule has 0 amide bonds. The number of hydrogen-bond donors (Lipinski definition) is 1. The zero-order valence-corrected chi connectivity index (χ0v) is 9.09. The lowest BCUT2D eigenvalue weighted by molar-refractivity contribution is 1.08. The van der Waals surface area contributed by atoms with Gasteiger partial charge in [0.1, 0.15) is 6.20 Å². The van der Waals surface area contributed by atoms with Gasteiger partial charge in [0, 0.05) is 5.56 Å².